The van der Waals surface area contributed by atoms with Gasteiger partial charge in [0.1, 0.15) is 0 Å². The van der Waals surface area contributed by atoms with Crippen LogP contribution in [0.2, 0.25) is 0 Å². The van der Waals surface area contributed by atoms with Crippen molar-refractivity contribution in [1.29, 1.82) is 0 Å². The Morgan fingerprint density at radius 2 is 1.27 bits per heavy atom. The first-order chi connectivity index (χ1) is 6.95. The molecule has 1 aliphatic heterocycles. The van der Waals surface area contributed by atoms with E-state index in [-0.39, 0.29) is 11.8 Å². The lowest BCUT2D eigenvalue weighted by molar-refractivity contribution is -0.146. The summed E-state index contributed by atoms with van der Waals surface area (Å²) >= 11 is 0. The standard InChI is InChI=1S/C8H14BN2O4/c1-10(2)7(12)5-6(15-9-14-5)8(13)11(3)4/h5-6H,1-4H3/t5-,6-/m0/s1. The second-order valence-electron chi connectivity index (χ2n) is 3.67. The maximum Gasteiger partial charge on any atom is 0.489 e. The fraction of sp³-hybridized carbons (Fsp3) is 0.750. The van der Waals surface area contributed by atoms with Crippen LogP contribution in [0.15, 0.2) is 0 Å². The third kappa shape index (κ3) is 2.48. The van der Waals surface area contributed by atoms with Crippen molar-refractivity contribution in [2.24, 2.45) is 0 Å². The van der Waals surface area contributed by atoms with E-state index in [4.69, 9.17) is 9.31 Å². The van der Waals surface area contributed by atoms with Gasteiger partial charge in [-0.25, -0.2) is 0 Å². The Labute approximate surface area is 89.4 Å². The number of amides is 2. The molecule has 0 unspecified atom stereocenters. The topological polar surface area (TPSA) is 59.1 Å². The molecule has 0 aliphatic carbocycles. The summed E-state index contributed by atoms with van der Waals surface area (Å²) in [7, 11) is 7.43. The predicted octanol–water partition coefficient (Wildman–Crippen LogP) is -1.52. The van der Waals surface area contributed by atoms with Crippen molar-refractivity contribution in [3.05, 3.63) is 0 Å². The van der Waals surface area contributed by atoms with Gasteiger partial charge in [0.25, 0.3) is 11.8 Å². The molecule has 1 rings (SSSR count). The highest BCUT2D eigenvalue weighted by Gasteiger charge is 2.42. The SMILES string of the molecule is CN(C)C(=O)[C@H]1O[B]O[C@@H]1C(=O)N(C)C. The van der Waals surface area contributed by atoms with Crippen molar-refractivity contribution in [3.8, 4) is 0 Å². The van der Waals surface area contributed by atoms with Gasteiger partial charge in [0.15, 0.2) is 12.2 Å². The van der Waals surface area contributed by atoms with Gasteiger partial charge in [-0.15, -0.1) is 0 Å². The molecule has 0 aromatic carbocycles. The van der Waals surface area contributed by atoms with Crippen LogP contribution in [0.25, 0.3) is 0 Å². The molecule has 0 N–H and O–H groups in total. The molecule has 1 fully saturated rings. The summed E-state index contributed by atoms with van der Waals surface area (Å²) < 4.78 is 9.95. The van der Waals surface area contributed by atoms with Crippen LogP contribution in [-0.4, -0.2) is 69.7 Å². The van der Waals surface area contributed by atoms with Gasteiger partial charge < -0.3 is 19.1 Å². The predicted molar refractivity (Wildman–Crippen MR) is 52.9 cm³/mol. The summed E-state index contributed by atoms with van der Waals surface area (Å²) in [4.78, 5) is 26.0. The van der Waals surface area contributed by atoms with Crippen molar-refractivity contribution >= 4 is 19.5 Å². The fourth-order valence-electron chi connectivity index (χ4n) is 1.18. The molecule has 1 saturated heterocycles. The molecule has 2 atom stereocenters. The van der Waals surface area contributed by atoms with Gasteiger partial charge in [0.2, 0.25) is 0 Å². The molecule has 0 saturated carbocycles. The van der Waals surface area contributed by atoms with Gasteiger partial charge in [-0.05, 0) is 0 Å². The van der Waals surface area contributed by atoms with Gasteiger partial charge in [-0.2, -0.15) is 0 Å². The zero-order chi connectivity index (χ0) is 11.6. The average molecular weight is 213 g/mol. The summed E-state index contributed by atoms with van der Waals surface area (Å²) in [6.07, 6.45) is -1.76. The lowest BCUT2D eigenvalue weighted by Crippen LogP contribution is -2.47. The molecule has 2 amide bonds. The number of carbonyl (C=O) groups is 2. The Balaban J connectivity index is 2.73. The number of likely N-dealkylation sites (N-methyl/N-ethyl adjacent to an activating group) is 2. The maximum absolute atomic E-state index is 11.6. The molecule has 6 nitrogen and oxygen atoms in total. The van der Waals surface area contributed by atoms with Crippen LogP contribution in [0.1, 0.15) is 0 Å². The van der Waals surface area contributed by atoms with E-state index in [2.05, 4.69) is 0 Å². The van der Waals surface area contributed by atoms with Gasteiger partial charge in [-0.1, -0.05) is 0 Å². The highest BCUT2D eigenvalue weighted by atomic mass is 16.6. The van der Waals surface area contributed by atoms with Crippen LogP contribution in [0.3, 0.4) is 0 Å². The van der Waals surface area contributed by atoms with E-state index in [1.54, 1.807) is 28.2 Å². The fourth-order valence-corrected chi connectivity index (χ4v) is 1.18. The van der Waals surface area contributed by atoms with Crippen molar-refractivity contribution in [3.63, 3.8) is 0 Å². The van der Waals surface area contributed by atoms with Gasteiger partial charge in [-0.3, -0.25) is 9.59 Å². The summed E-state index contributed by atoms with van der Waals surface area (Å²) in [5, 5.41) is 0. The van der Waals surface area contributed by atoms with Gasteiger partial charge in [0, 0.05) is 28.2 Å². The Bertz CT molecular complexity index is 243. The Morgan fingerprint density at radius 3 is 1.53 bits per heavy atom. The molecule has 0 bridgehead atoms. The molecule has 1 radical (unpaired) electrons. The van der Waals surface area contributed by atoms with Crippen molar-refractivity contribution in [2.45, 2.75) is 12.2 Å². The van der Waals surface area contributed by atoms with Crippen LogP contribution < -0.4 is 0 Å². The highest BCUT2D eigenvalue weighted by molar-refractivity contribution is 6.21. The van der Waals surface area contributed by atoms with E-state index >= 15 is 0 Å². The Kier molecular flexibility index (Phi) is 3.70. The summed E-state index contributed by atoms with van der Waals surface area (Å²) in [5.41, 5.74) is 0. The quantitative estimate of drug-likeness (QED) is 0.523. The summed E-state index contributed by atoms with van der Waals surface area (Å²) in [6.45, 7) is 0. The van der Waals surface area contributed by atoms with E-state index in [0.717, 1.165) is 7.69 Å². The number of carbonyl (C=O) groups excluding carboxylic acids is 2. The minimum atomic E-state index is -0.880. The lowest BCUT2D eigenvalue weighted by Gasteiger charge is -2.22. The zero-order valence-electron chi connectivity index (χ0n) is 9.26. The molecule has 0 aromatic heterocycles. The number of nitrogens with zero attached hydrogens (tertiary/aromatic N) is 2. The third-order valence-electron chi connectivity index (χ3n) is 2.05. The molecule has 0 aromatic rings. The number of hydrogen-bond donors (Lipinski definition) is 0. The average Bonchev–Trinajstić information content (AvgIpc) is 2.63. The summed E-state index contributed by atoms with van der Waals surface area (Å²) in [5.74, 6) is -0.576. The van der Waals surface area contributed by atoms with E-state index in [0.29, 0.717) is 0 Å². The van der Waals surface area contributed by atoms with Crippen LogP contribution >= 0.6 is 0 Å². The number of hydrogen-bond acceptors (Lipinski definition) is 4. The van der Waals surface area contributed by atoms with E-state index in [9.17, 15) is 9.59 Å². The third-order valence-corrected chi connectivity index (χ3v) is 2.05. The zero-order valence-corrected chi connectivity index (χ0v) is 9.26. The van der Waals surface area contributed by atoms with Gasteiger partial charge >= 0.3 is 7.69 Å². The van der Waals surface area contributed by atoms with E-state index < -0.39 is 12.2 Å². The van der Waals surface area contributed by atoms with Crippen LogP contribution in [0.4, 0.5) is 0 Å². The molecule has 83 valence electrons. The summed E-state index contributed by atoms with van der Waals surface area (Å²) in [6, 6.07) is 0. The monoisotopic (exact) mass is 213 g/mol. The van der Waals surface area contributed by atoms with E-state index in [1.165, 1.54) is 9.80 Å². The highest BCUT2D eigenvalue weighted by Crippen LogP contribution is 2.15. The molecule has 1 heterocycles. The largest absolute Gasteiger partial charge is 0.489 e. The molecular weight excluding hydrogens is 199 g/mol. The normalized spacial score (nSPS) is 24.5. The lowest BCUT2D eigenvalue weighted by atomic mass is 10.1. The second kappa shape index (κ2) is 4.63. The molecule has 1 aliphatic rings. The molecular formula is C8H14BN2O4. The minimum Gasteiger partial charge on any atom is -0.399 e. The first kappa shape index (κ1) is 12.0. The van der Waals surface area contributed by atoms with E-state index in [1.807, 2.05) is 0 Å². The molecule has 15 heavy (non-hydrogen) atoms. The molecule has 0 spiro atoms. The first-order valence-corrected chi connectivity index (χ1v) is 4.50. The first-order valence-electron chi connectivity index (χ1n) is 4.50. The van der Waals surface area contributed by atoms with Gasteiger partial charge in [0.05, 0.1) is 0 Å². The maximum atomic E-state index is 11.6. The Hall–Kier alpha value is -1.08. The second-order valence-corrected chi connectivity index (χ2v) is 3.67. The van der Waals surface area contributed by atoms with Crippen molar-refractivity contribution < 1.29 is 18.9 Å². The number of rotatable bonds is 2. The van der Waals surface area contributed by atoms with Crippen LogP contribution in [-0.2, 0) is 18.9 Å². The minimum absolute atomic E-state index is 0.288. The van der Waals surface area contributed by atoms with Crippen LogP contribution in [0, 0.1) is 0 Å². The Morgan fingerprint density at radius 1 is 0.933 bits per heavy atom. The smallest absolute Gasteiger partial charge is 0.399 e. The molecule has 7 heteroatoms. The van der Waals surface area contributed by atoms with Crippen molar-refractivity contribution in [2.75, 3.05) is 28.2 Å². The van der Waals surface area contributed by atoms with Crippen LogP contribution in [0.5, 0.6) is 0 Å². The van der Waals surface area contributed by atoms with Crippen molar-refractivity contribution in [1.82, 2.24) is 9.80 Å².